The van der Waals surface area contributed by atoms with Crippen molar-refractivity contribution in [2.24, 2.45) is 0 Å². The van der Waals surface area contributed by atoms with Crippen LogP contribution in [0.3, 0.4) is 0 Å². The molecule has 0 saturated carbocycles. The highest BCUT2D eigenvalue weighted by atomic mass is 16.2. The van der Waals surface area contributed by atoms with Crippen molar-refractivity contribution in [1.29, 1.82) is 0 Å². The molecule has 5 heteroatoms. The van der Waals surface area contributed by atoms with Gasteiger partial charge in [-0.05, 0) is 62.6 Å². The molecular formula is C24H29N3O2. The molecule has 0 aliphatic carbocycles. The molecule has 0 spiro atoms. The average molecular weight is 392 g/mol. The molecule has 29 heavy (non-hydrogen) atoms. The summed E-state index contributed by atoms with van der Waals surface area (Å²) < 4.78 is 1.69. The molecule has 0 N–H and O–H groups in total. The quantitative estimate of drug-likeness (QED) is 0.611. The zero-order chi connectivity index (χ0) is 21.1. The van der Waals surface area contributed by atoms with E-state index in [1.807, 2.05) is 75.1 Å². The molecule has 1 amide bonds. The number of carbonyl (C=O) groups excluding carboxylic acids is 1. The monoisotopic (exact) mass is 391 g/mol. The molecule has 0 bridgehead atoms. The van der Waals surface area contributed by atoms with Gasteiger partial charge in [-0.1, -0.05) is 32.0 Å². The average Bonchev–Trinajstić information content (AvgIpc) is 2.73. The highest BCUT2D eigenvalue weighted by Gasteiger charge is 2.27. The number of carbonyl (C=O) groups is 1. The van der Waals surface area contributed by atoms with Crippen LogP contribution in [0, 0.1) is 13.8 Å². The smallest absolute Gasteiger partial charge is 0.266 e. The molecule has 3 aromatic rings. The van der Waals surface area contributed by atoms with Gasteiger partial charge in [-0.25, -0.2) is 4.98 Å². The summed E-state index contributed by atoms with van der Waals surface area (Å²) in [6, 6.07) is 13.1. The van der Waals surface area contributed by atoms with Crippen molar-refractivity contribution in [3.05, 3.63) is 69.8 Å². The first kappa shape index (κ1) is 20.8. The lowest BCUT2D eigenvalue weighted by atomic mass is 10.1. The normalized spacial score (nSPS) is 12.2. The maximum atomic E-state index is 13.5. The van der Waals surface area contributed by atoms with Gasteiger partial charge in [0.2, 0.25) is 5.91 Å². The molecule has 1 unspecified atom stereocenters. The van der Waals surface area contributed by atoms with Crippen molar-refractivity contribution < 1.29 is 4.79 Å². The summed E-state index contributed by atoms with van der Waals surface area (Å²) in [6.07, 6.45) is 1.10. The SMILES string of the molecule is CCC(=O)N(CC)C(CC)c1nc2ccccc2c(=O)n1-c1ccc(C)c(C)c1. The van der Waals surface area contributed by atoms with Gasteiger partial charge in [0.15, 0.2) is 0 Å². The van der Waals surface area contributed by atoms with Gasteiger partial charge < -0.3 is 4.90 Å². The van der Waals surface area contributed by atoms with Crippen molar-refractivity contribution in [2.45, 2.75) is 53.5 Å². The van der Waals surface area contributed by atoms with E-state index in [4.69, 9.17) is 4.98 Å². The number of para-hydroxylation sites is 1. The fraction of sp³-hybridized carbons (Fsp3) is 0.375. The van der Waals surface area contributed by atoms with Crippen LogP contribution in [0.25, 0.3) is 16.6 Å². The fourth-order valence-corrected chi connectivity index (χ4v) is 3.80. The van der Waals surface area contributed by atoms with E-state index in [-0.39, 0.29) is 17.5 Å². The van der Waals surface area contributed by atoms with Crippen LogP contribution < -0.4 is 5.56 Å². The third-order valence-electron chi connectivity index (χ3n) is 5.57. The van der Waals surface area contributed by atoms with Crippen LogP contribution in [0.5, 0.6) is 0 Å². The number of nitrogens with zero attached hydrogens (tertiary/aromatic N) is 3. The first-order valence-corrected chi connectivity index (χ1v) is 10.3. The molecule has 1 atom stereocenters. The Labute approximate surface area is 172 Å². The highest BCUT2D eigenvalue weighted by Crippen LogP contribution is 2.27. The molecular weight excluding hydrogens is 362 g/mol. The maximum absolute atomic E-state index is 13.5. The molecule has 0 fully saturated rings. The van der Waals surface area contributed by atoms with E-state index in [1.165, 1.54) is 5.56 Å². The summed E-state index contributed by atoms with van der Waals surface area (Å²) in [5.74, 6) is 0.677. The van der Waals surface area contributed by atoms with E-state index in [2.05, 4.69) is 6.92 Å². The minimum Gasteiger partial charge on any atom is -0.333 e. The maximum Gasteiger partial charge on any atom is 0.266 e. The Morgan fingerprint density at radius 1 is 1.07 bits per heavy atom. The van der Waals surface area contributed by atoms with Gasteiger partial charge in [-0.2, -0.15) is 0 Å². The highest BCUT2D eigenvalue weighted by molar-refractivity contribution is 5.79. The van der Waals surface area contributed by atoms with Gasteiger partial charge in [-0.15, -0.1) is 0 Å². The van der Waals surface area contributed by atoms with E-state index < -0.39 is 0 Å². The van der Waals surface area contributed by atoms with Crippen LogP contribution >= 0.6 is 0 Å². The van der Waals surface area contributed by atoms with Crippen molar-refractivity contribution in [3.8, 4) is 5.69 Å². The van der Waals surface area contributed by atoms with Crippen LogP contribution in [0.4, 0.5) is 0 Å². The number of rotatable bonds is 6. The van der Waals surface area contributed by atoms with E-state index in [0.29, 0.717) is 36.1 Å². The summed E-state index contributed by atoms with van der Waals surface area (Å²) >= 11 is 0. The number of aromatic nitrogens is 2. The molecule has 0 radical (unpaired) electrons. The predicted octanol–water partition coefficient (Wildman–Crippen LogP) is 4.71. The third kappa shape index (κ3) is 3.82. The second-order valence-corrected chi connectivity index (χ2v) is 7.35. The lowest BCUT2D eigenvalue weighted by molar-refractivity contribution is -0.133. The number of hydrogen-bond donors (Lipinski definition) is 0. The van der Waals surface area contributed by atoms with Crippen molar-refractivity contribution in [1.82, 2.24) is 14.5 Å². The Bertz CT molecular complexity index is 1100. The molecule has 5 nitrogen and oxygen atoms in total. The zero-order valence-electron chi connectivity index (χ0n) is 17.9. The number of fused-ring (bicyclic) bond motifs is 1. The summed E-state index contributed by atoms with van der Waals surface area (Å²) in [5, 5.41) is 0.578. The number of amides is 1. The zero-order valence-corrected chi connectivity index (χ0v) is 17.9. The van der Waals surface area contributed by atoms with Crippen LogP contribution in [0.15, 0.2) is 47.3 Å². The number of aryl methyl sites for hydroxylation is 2. The van der Waals surface area contributed by atoms with Crippen LogP contribution in [-0.2, 0) is 4.79 Å². The van der Waals surface area contributed by atoms with Crippen LogP contribution in [0.2, 0.25) is 0 Å². The Kier molecular flexibility index (Phi) is 6.16. The molecule has 0 aliphatic rings. The fourth-order valence-electron chi connectivity index (χ4n) is 3.80. The summed E-state index contributed by atoms with van der Waals surface area (Å²) in [6.45, 7) is 10.5. The summed E-state index contributed by atoms with van der Waals surface area (Å²) in [7, 11) is 0. The Morgan fingerprint density at radius 3 is 2.41 bits per heavy atom. The molecule has 0 aliphatic heterocycles. The van der Waals surface area contributed by atoms with E-state index in [9.17, 15) is 9.59 Å². The minimum absolute atomic E-state index is 0.0633. The van der Waals surface area contributed by atoms with Crippen molar-refractivity contribution in [3.63, 3.8) is 0 Å². The minimum atomic E-state index is -0.272. The van der Waals surface area contributed by atoms with E-state index >= 15 is 0 Å². The summed E-state index contributed by atoms with van der Waals surface area (Å²) in [4.78, 5) is 32.9. The standard InChI is InChI=1S/C24H29N3O2/c1-6-21(26(8-3)22(28)7-2)23-25-20-12-10-9-11-19(20)24(29)27(23)18-14-13-16(4)17(5)15-18/h9-15,21H,6-8H2,1-5H3. The Morgan fingerprint density at radius 2 is 1.79 bits per heavy atom. The second kappa shape index (κ2) is 8.60. The molecule has 152 valence electrons. The van der Waals surface area contributed by atoms with Gasteiger partial charge in [-0.3, -0.25) is 14.2 Å². The topological polar surface area (TPSA) is 55.2 Å². The van der Waals surface area contributed by atoms with Gasteiger partial charge in [0.25, 0.3) is 5.56 Å². The lowest BCUT2D eigenvalue weighted by Crippen LogP contribution is -2.38. The van der Waals surface area contributed by atoms with Crippen LogP contribution in [-0.4, -0.2) is 26.9 Å². The van der Waals surface area contributed by atoms with E-state index in [1.54, 1.807) is 4.57 Å². The Hall–Kier alpha value is -2.95. The van der Waals surface area contributed by atoms with Crippen molar-refractivity contribution >= 4 is 16.8 Å². The largest absolute Gasteiger partial charge is 0.333 e. The van der Waals surface area contributed by atoms with Crippen molar-refractivity contribution in [2.75, 3.05) is 6.54 Å². The number of hydrogen-bond acceptors (Lipinski definition) is 3. The third-order valence-corrected chi connectivity index (χ3v) is 5.57. The number of benzene rings is 2. The lowest BCUT2D eigenvalue weighted by Gasteiger charge is -2.31. The predicted molar refractivity (Wildman–Crippen MR) is 118 cm³/mol. The van der Waals surface area contributed by atoms with Crippen LogP contribution in [0.1, 0.15) is 56.6 Å². The first-order chi connectivity index (χ1) is 13.9. The second-order valence-electron chi connectivity index (χ2n) is 7.35. The molecule has 1 aromatic heterocycles. The van der Waals surface area contributed by atoms with Gasteiger partial charge in [0, 0.05) is 13.0 Å². The molecule has 2 aromatic carbocycles. The summed E-state index contributed by atoms with van der Waals surface area (Å²) in [5.41, 5.74) is 3.61. The van der Waals surface area contributed by atoms with Gasteiger partial charge >= 0.3 is 0 Å². The Balaban J connectivity index is 2.36. The van der Waals surface area contributed by atoms with Gasteiger partial charge in [0.1, 0.15) is 5.82 Å². The first-order valence-electron chi connectivity index (χ1n) is 10.3. The molecule has 3 rings (SSSR count). The van der Waals surface area contributed by atoms with E-state index in [0.717, 1.165) is 11.3 Å². The molecule has 1 heterocycles. The molecule has 0 saturated heterocycles. The van der Waals surface area contributed by atoms with Gasteiger partial charge in [0.05, 0.1) is 22.6 Å².